The van der Waals surface area contributed by atoms with Crippen molar-refractivity contribution in [3.63, 3.8) is 0 Å². The summed E-state index contributed by atoms with van der Waals surface area (Å²) in [5.74, 6) is 0. The molecular formula is H2O10Si2Sr3. The molecule has 0 radical (unpaired) electrons. The Balaban J connectivity index is -0.0000000370. The maximum Gasteiger partial charge on any atom is 2.00 e. The Morgan fingerprint density at radius 1 is 0.600 bits per heavy atom. The van der Waals surface area contributed by atoms with Crippen LogP contribution in [0.25, 0.3) is 0 Å². The average Bonchev–Trinajstić information content (AvgIpc) is 1.86. The topological polar surface area (TPSA) is 197 Å². The van der Waals surface area contributed by atoms with Crippen LogP contribution in [0.3, 0.4) is 0 Å². The minimum absolute atomic E-state index is 0. The molecule has 0 saturated carbocycles. The van der Waals surface area contributed by atoms with E-state index in [9.17, 15) is 0 Å². The van der Waals surface area contributed by atoms with Crippen molar-refractivity contribution in [3.05, 3.63) is 0 Å². The molecule has 0 aromatic rings. The van der Waals surface area contributed by atoms with E-state index in [4.69, 9.17) is 39.3 Å². The van der Waals surface area contributed by atoms with Crippen LogP contribution in [0.4, 0.5) is 0 Å². The van der Waals surface area contributed by atoms with E-state index in [-0.39, 0.29) is 136 Å². The van der Waals surface area contributed by atoms with Gasteiger partial charge in [0, 0.05) is 0 Å². The molecule has 76 valence electrons. The van der Waals surface area contributed by atoms with Gasteiger partial charge < -0.3 is 37.9 Å². The molecule has 15 heteroatoms. The van der Waals surface area contributed by atoms with Gasteiger partial charge in [-0.1, -0.05) is 18.1 Å². The van der Waals surface area contributed by atoms with Crippen molar-refractivity contribution in [3.8, 4) is 0 Å². The van der Waals surface area contributed by atoms with Crippen LogP contribution in [0.5, 0.6) is 0 Å². The minimum atomic E-state index is -5.33. The number of rotatable bonds is 2. The number of hydrogen-bond acceptors (Lipinski definition) is 10. The van der Waals surface area contributed by atoms with Crippen LogP contribution in [0, 0.1) is 0 Å². The van der Waals surface area contributed by atoms with Crippen molar-refractivity contribution in [1.29, 1.82) is 0 Å². The van der Waals surface area contributed by atoms with Crippen LogP contribution in [0.15, 0.2) is 0 Å². The van der Waals surface area contributed by atoms with Gasteiger partial charge in [0.15, 0.2) is 0 Å². The van der Waals surface area contributed by atoms with Crippen LogP contribution in [-0.4, -0.2) is 165 Å². The first-order chi connectivity index (χ1) is 5.12. The molecule has 2 N–H and O–H groups in total. The van der Waals surface area contributed by atoms with E-state index in [1.165, 1.54) is 0 Å². The van der Waals surface area contributed by atoms with E-state index in [2.05, 4.69) is 9.15 Å². The van der Waals surface area contributed by atoms with Gasteiger partial charge in [0.05, 0.1) is 0 Å². The van der Waals surface area contributed by atoms with Crippen molar-refractivity contribution < 1.29 is 48.4 Å². The second kappa shape index (κ2) is 16.5. The third-order valence-electron chi connectivity index (χ3n) is 0.224. The second-order valence-electron chi connectivity index (χ2n) is 1.18. The van der Waals surface area contributed by atoms with Crippen LogP contribution in [0.2, 0.25) is 0 Å². The Labute approximate surface area is 198 Å². The molecule has 0 aliphatic carbocycles. The van der Waals surface area contributed by atoms with Gasteiger partial charge >= 0.3 is 136 Å². The Hall–Kier alpha value is 4.48. The van der Waals surface area contributed by atoms with Crippen molar-refractivity contribution in [2.24, 2.45) is 0 Å². The molecule has 0 rings (SSSR count). The molecule has 0 aromatic heterocycles. The van der Waals surface area contributed by atoms with E-state index < -0.39 is 18.1 Å². The maximum absolute atomic E-state index is 9.03. The van der Waals surface area contributed by atoms with Crippen LogP contribution in [-0.2, 0) is 9.15 Å². The normalized spacial score (nSPS) is 9.60. The Morgan fingerprint density at radius 2 is 0.667 bits per heavy atom. The van der Waals surface area contributed by atoms with Gasteiger partial charge in [-0.05, 0) is 0 Å². The first kappa shape index (κ1) is 31.7. The largest absolute Gasteiger partial charge is 2.00 e. The fraction of sp³-hybridized carbons (Fsp3) is 0. The van der Waals surface area contributed by atoms with Crippen LogP contribution >= 0.6 is 0 Å². The molecule has 0 atom stereocenters. The zero-order valence-electron chi connectivity index (χ0n) is 7.28. The summed E-state index contributed by atoms with van der Waals surface area (Å²) in [4.78, 5) is 54.2. The predicted octanol–water partition coefficient (Wildman–Crippen LogP) is -9.16. The Kier molecular flexibility index (Phi) is 35.0. The van der Waals surface area contributed by atoms with Crippen molar-refractivity contribution in [1.82, 2.24) is 0 Å². The van der Waals surface area contributed by atoms with Gasteiger partial charge in [-0.25, -0.2) is 0 Å². The monoisotopic (exact) mass is 482 g/mol. The van der Waals surface area contributed by atoms with Crippen molar-refractivity contribution in [2.45, 2.75) is 0 Å². The van der Waals surface area contributed by atoms with Crippen LogP contribution in [0.1, 0.15) is 0 Å². The third kappa shape index (κ3) is 45.7. The summed E-state index contributed by atoms with van der Waals surface area (Å²) in [6.07, 6.45) is 0. The molecule has 0 spiro atoms. The first-order valence-electron chi connectivity index (χ1n) is 2.00. The smallest absolute Gasteiger partial charge is 0.859 e. The summed E-state index contributed by atoms with van der Waals surface area (Å²) in [6.45, 7) is 0. The molecular weight excluding hydrogens is 479 g/mol. The SMILES string of the molecule is [O-][Si]([O-])([O-])OO.[O-][Si]([O-])([O-])OO.[Sr+2].[Sr+2].[Sr+2]. The molecule has 15 heavy (non-hydrogen) atoms. The molecule has 0 bridgehead atoms. The molecule has 0 aliphatic heterocycles. The van der Waals surface area contributed by atoms with E-state index in [0.29, 0.717) is 0 Å². The summed E-state index contributed by atoms with van der Waals surface area (Å²) >= 11 is 0. The van der Waals surface area contributed by atoms with E-state index in [0.717, 1.165) is 0 Å². The molecule has 0 saturated heterocycles. The fourth-order valence-electron chi connectivity index (χ4n) is 0. The summed E-state index contributed by atoms with van der Waals surface area (Å²) in [5, 5.41) is 14.1. The zero-order valence-corrected chi connectivity index (χ0v) is 19.7. The zero-order chi connectivity index (χ0) is 10.4. The second-order valence-corrected chi connectivity index (χ2v) is 3.55. The predicted molar refractivity (Wildman–Crippen MR) is 36.2 cm³/mol. The summed E-state index contributed by atoms with van der Waals surface area (Å²) in [7, 11) is -10.7. The van der Waals surface area contributed by atoms with E-state index >= 15 is 0 Å². The summed E-state index contributed by atoms with van der Waals surface area (Å²) in [5.41, 5.74) is 0. The Morgan fingerprint density at radius 3 is 0.667 bits per heavy atom. The standard InChI is InChI=1S/2HO5Si.3Sr/c2*1-5-6(2,3)4;;;/h2*1H;;;/q2*-3;3*+2. The number of hydrogen-bond donors (Lipinski definition) is 2. The van der Waals surface area contributed by atoms with E-state index in [1.807, 2.05) is 0 Å². The molecule has 10 nitrogen and oxygen atoms in total. The molecule has 0 fully saturated rings. The van der Waals surface area contributed by atoms with E-state index in [1.54, 1.807) is 0 Å². The summed E-state index contributed by atoms with van der Waals surface area (Å²) < 4.78 is 4.82. The van der Waals surface area contributed by atoms with Gasteiger partial charge in [-0.15, -0.1) is 0 Å². The van der Waals surface area contributed by atoms with Gasteiger partial charge in [-0.2, -0.15) is 0 Å². The molecule has 0 unspecified atom stereocenters. The first-order valence-corrected chi connectivity index (χ1v) is 5.26. The molecule has 0 heterocycles. The molecule has 0 amide bonds. The average molecular weight is 481 g/mol. The van der Waals surface area contributed by atoms with Gasteiger partial charge in [0.1, 0.15) is 0 Å². The van der Waals surface area contributed by atoms with Gasteiger partial charge in [0.2, 0.25) is 0 Å². The summed E-state index contributed by atoms with van der Waals surface area (Å²) in [6, 6.07) is 0. The van der Waals surface area contributed by atoms with Gasteiger partial charge in [0.25, 0.3) is 0 Å². The Bertz CT molecular complexity index is 92.2. The maximum atomic E-state index is 9.03. The minimum Gasteiger partial charge on any atom is -0.859 e. The third-order valence-corrected chi connectivity index (χ3v) is 0.671. The van der Waals surface area contributed by atoms with Crippen LogP contribution < -0.4 is 28.8 Å². The van der Waals surface area contributed by atoms with Gasteiger partial charge in [-0.3, -0.25) is 10.5 Å². The molecule has 0 aliphatic rings. The van der Waals surface area contributed by atoms with Crippen molar-refractivity contribution in [2.75, 3.05) is 0 Å². The molecule has 0 aromatic carbocycles. The quantitative estimate of drug-likeness (QED) is 0.217. The fourth-order valence-corrected chi connectivity index (χ4v) is 0. The van der Waals surface area contributed by atoms with Crippen molar-refractivity contribution >= 4 is 155 Å².